The first-order valence-electron chi connectivity index (χ1n) is 11.6. The fourth-order valence-corrected chi connectivity index (χ4v) is 5.84. The molecule has 188 valence electrons. The Morgan fingerprint density at radius 2 is 1.88 bits per heavy atom. The molecule has 1 aromatic rings. The number of aryl methyl sites for hydroxylation is 1. The molecule has 9 heteroatoms. The maximum atomic E-state index is 13.2. The maximum Gasteiger partial charge on any atom is 0.303 e. The van der Waals surface area contributed by atoms with Crippen molar-refractivity contribution in [3.05, 3.63) is 41.0 Å². The molecule has 1 aliphatic carbocycles. The van der Waals surface area contributed by atoms with Crippen LogP contribution >= 0.6 is 0 Å². The average Bonchev–Trinajstić information content (AvgIpc) is 2.71. The highest BCUT2D eigenvalue weighted by Gasteiger charge is 2.35. The molecule has 2 rings (SSSR count). The van der Waals surface area contributed by atoms with Crippen LogP contribution in [0.25, 0.3) is 0 Å². The number of hydrogen-bond acceptors (Lipinski definition) is 6. The van der Waals surface area contributed by atoms with Crippen LogP contribution < -0.4 is 4.72 Å². The third kappa shape index (κ3) is 6.62. The van der Waals surface area contributed by atoms with Gasteiger partial charge in [0.2, 0.25) is 5.91 Å². The molecule has 0 saturated carbocycles. The lowest BCUT2D eigenvalue weighted by molar-refractivity contribution is -0.138. The van der Waals surface area contributed by atoms with Gasteiger partial charge in [-0.2, -0.15) is 0 Å². The number of unbranched alkanes of at least 4 members (excludes halogenated alkanes) is 2. The number of rotatable bonds is 11. The molecule has 0 saturated heterocycles. The summed E-state index contributed by atoms with van der Waals surface area (Å²) >= 11 is 0. The lowest BCUT2D eigenvalue weighted by Crippen LogP contribution is -2.32. The minimum atomic E-state index is -4.53. The van der Waals surface area contributed by atoms with Crippen LogP contribution in [0.5, 0.6) is 11.5 Å². The van der Waals surface area contributed by atoms with E-state index in [0.29, 0.717) is 6.42 Å². The number of carboxylic acids is 1. The van der Waals surface area contributed by atoms with E-state index >= 15 is 0 Å². The van der Waals surface area contributed by atoms with Crippen LogP contribution in [0.2, 0.25) is 0 Å². The highest BCUT2D eigenvalue weighted by Crippen LogP contribution is 2.49. The Bertz CT molecular complexity index is 1090. The highest BCUT2D eigenvalue weighted by molar-refractivity contribution is 7.90. The molecule has 0 bridgehead atoms. The third-order valence-corrected chi connectivity index (χ3v) is 7.68. The fraction of sp³-hybridized carbons (Fsp3) is 0.520. The van der Waals surface area contributed by atoms with Crippen molar-refractivity contribution in [3.63, 3.8) is 0 Å². The number of carbonyl (C=O) groups is 2. The van der Waals surface area contributed by atoms with Gasteiger partial charge in [0.25, 0.3) is 10.0 Å². The van der Waals surface area contributed by atoms with Crippen LogP contribution in [-0.2, 0) is 26.0 Å². The number of carbonyl (C=O) groups excluding carboxylic acids is 1. The number of carboxylic acid groups (broad SMARTS) is 1. The quantitative estimate of drug-likeness (QED) is 0.262. The third-order valence-electron chi connectivity index (χ3n) is 6.19. The van der Waals surface area contributed by atoms with Crippen molar-refractivity contribution in [2.24, 2.45) is 5.92 Å². The van der Waals surface area contributed by atoms with E-state index in [-0.39, 0.29) is 29.2 Å². The number of phenolic OH excluding ortho intramolecular Hbond substituents is 2. The average molecular weight is 494 g/mol. The van der Waals surface area contributed by atoms with E-state index in [4.69, 9.17) is 5.11 Å². The molecule has 4 N–H and O–H groups in total. The maximum absolute atomic E-state index is 13.2. The molecule has 0 aromatic heterocycles. The van der Waals surface area contributed by atoms with Gasteiger partial charge in [0, 0.05) is 17.9 Å². The first-order valence-corrected chi connectivity index (χ1v) is 13.0. The summed E-state index contributed by atoms with van der Waals surface area (Å²) in [5, 5.41) is 31.0. The van der Waals surface area contributed by atoms with E-state index in [2.05, 4.69) is 6.58 Å². The summed E-state index contributed by atoms with van der Waals surface area (Å²) in [4.78, 5) is 22.5. The lowest BCUT2D eigenvalue weighted by Gasteiger charge is -2.32. The van der Waals surface area contributed by atoms with Gasteiger partial charge in [-0.25, -0.2) is 13.1 Å². The predicted octanol–water partition coefficient (Wildman–Crippen LogP) is 4.52. The molecule has 1 aliphatic rings. The Labute approximate surface area is 201 Å². The first kappa shape index (κ1) is 27.4. The first-order chi connectivity index (χ1) is 15.9. The monoisotopic (exact) mass is 493 g/mol. The summed E-state index contributed by atoms with van der Waals surface area (Å²) in [6, 6.07) is 1.36. The molecular weight excluding hydrogens is 458 g/mol. The minimum absolute atomic E-state index is 0.0876. The molecule has 0 radical (unpaired) electrons. The molecule has 0 fully saturated rings. The fourth-order valence-electron chi connectivity index (χ4n) is 4.46. The van der Waals surface area contributed by atoms with Gasteiger partial charge in [0.15, 0.2) is 0 Å². The number of amides is 1. The van der Waals surface area contributed by atoms with Gasteiger partial charge in [-0.15, -0.1) is 0 Å². The lowest BCUT2D eigenvalue weighted by atomic mass is 9.73. The number of phenols is 2. The van der Waals surface area contributed by atoms with Gasteiger partial charge in [0.05, 0.1) is 6.42 Å². The molecule has 2 unspecified atom stereocenters. The number of aliphatic carboxylic acids is 1. The zero-order chi connectivity index (χ0) is 25.6. The van der Waals surface area contributed by atoms with E-state index in [1.807, 2.05) is 31.6 Å². The van der Waals surface area contributed by atoms with E-state index in [1.165, 1.54) is 6.07 Å². The number of hydrogen-bond donors (Lipinski definition) is 4. The van der Waals surface area contributed by atoms with E-state index in [0.717, 1.165) is 36.8 Å². The van der Waals surface area contributed by atoms with Crippen LogP contribution in [0.1, 0.15) is 82.8 Å². The molecule has 0 spiro atoms. The smallest absolute Gasteiger partial charge is 0.303 e. The number of benzene rings is 1. The zero-order valence-corrected chi connectivity index (χ0v) is 20.9. The summed E-state index contributed by atoms with van der Waals surface area (Å²) in [5.41, 5.74) is 2.20. The van der Waals surface area contributed by atoms with Crippen molar-refractivity contribution < 1.29 is 33.3 Å². The van der Waals surface area contributed by atoms with E-state index in [1.54, 1.807) is 0 Å². The van der Waals surface area contributed by atoms with Gasteiger partial charge in [0.1, 0.15) is 16.4 Å². The Morgan fingerprint density at radius 1 is 1.21 bits per heavy atom. The summed E-state index contributed by atoms with van der Waals surface area (Å²) in [6.45, 7) is 9.83. The van der Waals surface area contributed by atoms with Gasteiger partial charge < -0.3 is 15.3 Å². The molecular formula is C25H35NO7S. The summed E-state index contributed by atoms with van der Waals surface area (Å²) in [5.74, 6) is -3.59. The second-order valence-corrected chi connectivity index (χ2v) is 10.7. The van der Waals surface area contributed by atoms with Crippen molar-refractivity contribution in [3.8, 4) is 11.5 Å². The molecule has 1 amide bonds. The standard InChI is InChI=1S/C25H35NO7S/c1-5-6-7-8-17-14-20(27)23(19-13-16(4)9-10-18(19)15(2)3)24(31)25(17)34(32,33)26-21(28)11-12-22(29)30/h13-14,18-19,27,31H,2,5-12H2,1,3-4H3,(H,26,28)(H,29,30). The highest BCUT2D eigenvalue weighted by atomic mass is 32.2. The molecule has 8 nitrogen and oxygen atoms in total. The van der Waals surface area contributed by atoms with Gasteiger partial charge in [-0.3, -0.25) is 9.59 Å². The van der Waals surface area contributed by atoms with Gasteiger partial charge in [-0.1, -0.05) is 43.6 Å². The Morgan fingerprint density at radius 3 is 2.47 bits per heavy atom. The SMILES string of the molecule is C=C(C)C1CCC(C)=CC1c1c(O)cc(CCCCC)c(S(=O)(=O)NC(=O)CCC(=O)O)c1O. The van der Waals surface area contributed by atoms with Gasteiger partial charge in [-0.05, 0) is 57.1 Å². The molecule has 34 heavy (non-hydrogen) atoms. The van der Waals surface area contributed by atoms with Crippen molar-refractivity contribution in [2.45, 2.75) is 83.0 Å². The van der Waals surface area contributed by atoms with Crippen molar-refractivity contribution in [1.29, 1.82) is 0 Å². The minimum Gasteiger partial charge on any atom is -0.507 e. The van der Waals surface area contributed by atoms with Crippen molar-refractivity contribution >= 4 is 21.9 Å². The summed E-state index contributed by atoms with van der Waals surface area (Å²) in [6.07, 6.45) is 5.04. The molecule has 1 aromatic carbocycles. The Balaban J connectivity index is 2.64. The van der Waals surface area contributed by atoms with Crippen LogP contribution in [0.4, 0.5) is 0 Å². The Kier molecular flexibility index (Phi) is 9.32. The second-order valence-electron chi connectivity index (χ2n) is 9.06. The van der Waals surface area contributed by atoms with E-state index < -0.39 is 51.3 Å². The number of allylic oxidation sites excluding steroid dienone is 3. The second kappa shape index (κ2) is 11.6. The van der Waals surface area contributed by atoms with Crippen LogP contribution in [0, 0.1) is 5.92 Å². The van der Waals surface area contributed by atoms with Crippen LogP contribution in [0.3, 0.4) is 0 Å². The van der Waals surface area contributed by atoms with Crippen LogP contribution in [0.15, 0.2) is 34.8 Å². The summed E-state index contributed by atoms with van der Waals surface area (Å²) in [7, 11) is -4.53. The van der Waals surface area contributed by atoms with Crippen LogP contribution in [-0.4, -0.2) is 35.6 Å². The summed E-state index contributed by atoms with van der Waals surface area (Å²) < 4.78 is 28.4. The van der Waals surface area contributed by atoms with Crippen molar-refractivity contribution in [1.82, 2.24) is 4.72 Å². The topological polar surface area (TPSA) is 141 Å². The number of aromatic hydroxyl groups is 2. The zero-order valence-electron chi connectivity index (χ0n) is 20.1. The molecule has 0 heterocycles. The normalized spacial score (nSPS) is 18.3. The van der Waals surface area contributed by atoms with Gasteiger partial charge >= 0.3 is 5.97 Å². The largest absolute Gasteiger partial charge is 0.507 e. The number of sulfonamides is 1. The van der Waals surface area contributed by atoms with E-state index in [9.17, 15) is 28.2 Å². The molecule has 2 atom stereocenters. The Hall–Kier alpha value is -2.81. The molecule has 0 aliphatic heterocycles. The van der Waals surface area contributed by atoms with Crippen molar-refractivity contribution in [2.75, 3.05) is 0 Å². The number of nitrogens with one attached hydrogen (secondary N) is 1. The predicted molar refractivity (Wildman–Crippen MR) is 129 cm³/mol.